The highest BCUT2D eigenvalue weighted by Crippen LogP contribution is 2.17. The minimum Gasteiger partial charge on any atom is -0.484 e. The van der Waals surface area contributed by atoms with Crippen molar-refractivity contribution in [1.29, 1.82) is 0 Å². The van der Waals surface area contributed by atoms with E-state index in [1.54, 1.807) is 24.3 Å². The molecular weight excluding hydrogens is 246 g/mol. The normalized spacial score (nSPS) is 12.0. The van der Waals surface area contributed by atoms with Crippen LogP contribution in [0.1, 0.15) is 13.8 Å². The van der Waals surface area contributed by atoms with Crippen molar-refractivity contribution in [2.45, 2.75) is 19.9 Å². The molecular formula is C13H19N3O3. The molecule has 0 saturated heterocycles. The number of hydrogen-bond acceptors (Lipinski definition) is 4. The molecule has 19 heavy (non-hydrogen) atoms. The maximum absolute atomic E-state index is 11.8. The maximum Gasteiger partial charge on any atom is 0.255 e. The van der Waals surface area contributed by atoms with Crippen LogP contribution in [0.3, 0.4) is 0 Å². The molecule has 0 aliphatic carbocycles. The van der Waals surface area contributed by atoms with Gasteiger partial charge in [0.15, 0.2) is 6.61 Å². The Hall–Kier alpha value is -2.08. The summed E-state index contributed by atoms with van der Waals surface area (Å²) < 4.78 is 5.14. The quantitative estimate of drug-likeness (QED) is 0.695. The first-order valence-electron chi connectivity index (χ1n) is 5.97. The first-order valence-corrected chi connectivity index (χ1v) is 5.97. The topological polar surface area (TPSA) is 107 Å². The van der Waals surface area contributed by atoms with Crippen molar-refractivity contribution in [3.63, 3.8) is 0 Å². The first kappa shape index (κ1) is 15.0. The molecule has 0 unspecified atom stereocenters. The highest BCUT2D eigenvalue weighted by Gasteiger charge is 2.17. The number of benzene rings is 1. The summed E-state index contributed by atoms with van der Waals surface area (Å²) in [5, 5.41) is 2.69. The van der Waals surface area contributed by atoms with E-state index < -0.39 is 11.9 Å². The lowest BCUT2D eigenvalue weighted by molar-refractivity contribution is -0.120. The molecule has 104 valence electrons. The molecule has 0 fully saturated rings. The van der Waals surface area contributed by atoms with Gasteiger partial charge in [0.1, 0.15) is 5.75 Å². The van der Waals surface area contributed by atoms with Crippen molar-refractivity contribution in [3.8, 4) is 5.75 Å². The monoisotopic (exact) mass is 265 g/mol. The average molecular weight is 265 g/mol. The summed E-state index contributed by atoms with van der Waals surface area (Å²) in [6, 6.07) is 6.11. The number of nitrogens with two attached hydrogens (primary N) is 2. The van der Waals surface area contributed by atoms with Gasteiger partial charge in [-0.3, -0.25) is 9.59 Å². The number of carbonyl (C=O) groups excluding carboxylic acids is 2. The Morgan fingerprint density at radius 2 is 2.05 bits per heavy atom. The summed E-state index contributed by atoms with van der Waals surface area (Å²) in [4.78, 5) is 22.4. The molecule has 0 bridgehead atoms. The van der Waals surface area contributed by atoms with Gasteiger partial charge in [0.05, 0.1) is 6.04 Å². The lowest BCUT2D eigenvalue weighted by Gasteiger charge is -2.15. The van der Waals surface area contributed by atoms with Gasteiger partial charge >= 0.3 is 0 Å². The summed E-state index contributed by atoms with van der Waals surface area (Å²) >= 11 is 0. The van der Waals surface area contributed by atoms with E-state index in [1.165, 1.54) is 0 Å². The van der Waals surface area contributed by atoms with Gasteiger partial charge in [0, 0.05) is 11.8 Å². The van der Waals surface area contributed by atoms with Gasteiger partial charge in [-0.1, -0.05) is 19.9 Å². The summed E-state index contributed by atoms with van der Waals surface area (Å²) in [6.07, 6.45) is 0. The van der Waals surface area contributed by atoms with Crippen LogP contribution in [-0.2, 0) is 9.59 Å². The van der Waals surface area contributed by atoms with Gasteiger partial charge in [0.2, 0.25) is 5.91 Å². The molecule has 6 nitrogen and oxygen atoms in total. The van der Waals surface area contributed by atoms with Crippen LogP contribution in [0, 0.1) is 5.92 Å². The maximum atomic E-state index is 11.8. The van der Waals surface area contributed by atoms with Gasteiger partial charge < -0.3 is 21.5 Å². The minimum atomic E-state index is -0.574. The second kappa shape index (κ2) is 6.75. The van der Waals surface area contributed by atoms with Crippen molar-refractivity contribution in [3.05, 3.63) is 24.3 Å². The first-order chi connectivity index (χ1) is 8.90. The minimum absolute atomic E-state index is 0.0503. The number of anilines is 1. The molecule has 6 heteroatoms. The van der Waals surface area contributed by atoms with Crippen LogP contribution in [0.5, 0.6) is 5.75 Å². The van der Waals surface area contributed by atoms with Crippen LogP contribution in [-0.4, -0.2) is 24.5 Å². The van der Waals surface area contributed by atoms with E-state index in [1.807, 2.05) is 13.8 Å². The number of rotatable bonds is 6. The lowest BCUT2D eigenvalue weighted by Crippen LogP contribution is -2.39. The summed E-state index contributed by atoms with van der Waals surface area (Å²) in [5.74, 6) is -0.317. The van der Waals surface area contributed by atoms with Crippen molar-refractivity contribution in [1.82, 2.24) is 0 Å². The number of carbonyl (C=O) groups is 2. The highest BCUT2D eigenvalue weighted by atomic mass is 16.5. The molecule has 0 saturated carbocycles. The fourth-order valence-corrected chi connectivity index (χ4v) is 1.35. The largest absolute Gasteiger partial charge is 0.484 e. The van der Waals surface area contributed by atoms with E-state index >= 15 is 0 Å². The molecule has 0 spiro atoms. The van der Waals surface area contributed by atoms with Gasteiger partial charge in [-0.25, -0.2) is 0 Å². The highest BCUT2D eigenvalue weighted by molar-refractivity contribution is 5.95. The number of nitrogens with one attached hydrogen (secondary N) is 1. The molecule has 0 heterocycles. The summed E-state index contributed by atoms with van der Waals surface area (Å²) in [5.41, 5.74) is 11.3. The zero-order valence-corrected chi connectivity index (χ0v) is 11.1. The van der Waals surface area contributed by atoms with Crippen LogP contribution in [0.25, 0.3) is 0 Å². The Labute approximate surface area is 112 Å². The van der Waals surface area contributed by atoms with E-state index in [-0.39, 0.29) is 18.4 Å². The standard InChI is InChI=1S/C13H19N3O3/c1-8(2)12(15)13(18)16-9-4-3-5-10(6-9)19-7-11(14)17/h3-6,8,12H,7,15H2,1-2H3,(H2,14,17)(H,16,18)/t12-/m0/s1. The third kappa shape index (κ3) is 4.97. The molecule has 2 amide bonds. The zero-order valence-electron chi connectivity index (χ0n) is 11.1. The van der Waals surface area contributed by atoms with E-state index in [9.17, 15) is 9.59 Å². The molecule has 1 rings (SSSR count). The Morgan fingerprint density at radius 3 is 2.63 bits per heavy atom. The van der Waals surface area contributed by atoms with E-state index in [0.717, 1.165) is 0 Å². The number of amides is 2. The smallest absolute Gasteiger partial charge is 0.255 e. The fourth-order valence-electron chi connectivity index (χ4n) is 1.35. The summed E-state index contributed by atoms with van der Waals surface area (Å²) in [7, 11) is 0. The van der Waals surface area contributed by atoms with Crippen LogP contribution in [0.2, 0.25) is 0 Å². The van der Waals surface area contributed by atoms with Gasteiger partial charge in [-0.05, 0) is 18.1 Å². The lowest BCUT2D eigenvalue weighted by atomic mass is 10.0. The SMILES string of the molecule is CC(C)[C@H](N)C(=O)Nc1cccc(OCC(N)=O)c1. The van der Waals surface area contributed by atoms with Gasteiger partial charge in [-0.2, -0.15) is 0 Å². The second-order valence-corrected chi connectivity index (χ2v) is 4.54. The van der Waals surface area contributed by atoms with E-state index in [2.05, 4.69) is 5.32 Å². The van der Waals surface area contributed by atoms with Crippen molar-refractivity contribution < 1.29 is 14.3 Å². The van der Waals surface area contributed by atoms with Crippen LogP contribution in [0.15, 0.2) is 24.3 Å². The Bertz CT molecular complexity index is 460. The van der Waals surface area contributed by atoms with Crippen LogP contribution < -0.4 is 21.5 Å². The Morgan fingerprint density at radius 1 is 1.37 bits per heavy atom. The molecule has 1 atom stereocenters. The number of hydrogen-bond donors (Lipinski definition) is 3. The Balaban J connectivity index is 2.66. The van der Waals surface area contributed by atoms with Gasteiger partial charge in [-0.15, -0.1) is 0 Å². The van der Waals surface area contributed by atoms with Crippen molar-refractivity contribution in [2.24, 2.45) is 17.4 Å². The predicted octanol–water partition coefficient (Wildman–Crippen LogP) is 0.472. The average Bonchev–Trinajstić information content (AvgIpc) is 2.35. The zero-order chi connectivity index (χ0) is 14.4. The van der Waals surface area contributed by atoms with E-state index in [4.69, 9.17) is 16.2 Å². The molecule has 0 aliphatic heterocycles. The molecule has 1 aromatic carbocycles. The van der Waals surface area contributed by atoms with Crippen LogP contribution >= 0.6 is 0 Å². The predicted molar refractivity (Wildman–Crippen MR) is 72.6 cm³/mol. The van der Waals surface area contributed by atoms with Crippen molar-refractivity contribution in [2.75, 3.05) is 11.9 Å². The third-order valence-corrected chi connectivity index (χ3v) is 2.50. The third-order valence-electron chi connectivity index (χ3n) is 2.50. The Kier molecular flexibility index (Phi) is 5.32. The van der Waals surface area contributed by atoms with Crippen LogP contribution in [0.4, 0.5) is 5.69 Å². The molecule has 1 aromatic rings. The molecule has 0 aliphatic rings. The molecule has 0 radical (unpaired) electrons. The summed E-state index contributed by atoms with van der Waals surface area (Å²) in [6.45, 7) is 3.54. The number of primary amides is 1. The number of ether oxygens (including phenoxy) is 1. The second-order valence-electron chi connectivity index (χ2n) is 4.54. The molecule has 5 N–H and O–H groups in total. The van der Waals surface area contributed by atoms with Crippen molar-refractivity contribution >= 4 is 17.5 Å². The fraction of sp³-hybridized carbons (Fsp3) is 0.385. The molecule has 0 aromatic heterocycles. The van der Waals surface area contributed by atoms with Gasteiger partial charge in [0.25, 0.3) is 5.91 Å². The van der Waals surface area contributed by atoms with E-state index in [0.29, 0.717) is 11.4 Å².